The first-order valence-electron chi connectivity index (χ1n) is 9.98. The molecule has 0 atom stereocenters. The Labute approximate surface area is 170 Å². The summed E-state index contributed by atoms with van der Waals surface area (Å²) in [5, 5.41) is 3.55. The van der Waals surface area contributed by atoms with Crippen LogP contribution in [0.15, 0.2) is 30.3 Å². The monoisotopic (exact) mass is 400 g/mol. The smallest absolute Gasteiger partial charge is 0.341 e. The van der Waals surface area contributed by atoms with Crippen LogP contribution in [-0.4, -0.2) is 43.0 Å². The zero-order chi connectivity index (χ0) is 19.9. The summed E-state index contributed by atoms with van der Waals surface area (Å²) in [6.45, 7) is 6.95. The number of carbonyl (C=O) groups is 2. The number of hydrogen-bond acceptors (Lipinski definition) is 5. The van der Waals surface area contributed by atoms with Gasteiger partial charge in [0.2, 0.25) is 5.91 Å². The molecular formula is C22H28N2O3S. The first kappa shape index (κ1) is 20.6. The highest BCUT2D eigenvalue weighted by atomic mass is 32.1. The molecule has 0 unspecified atom stereocenters. The van der Waals surface area contributed by atoms with Gasteiger partial charge >= 0.3 is 5.97 Å². The molecule has 28 heavy (non-hydrogen) atoms. The number of benzene rings is 1. The summed E-state index contributed by atoms with van der Waals surface area (Å²) in [4.78, 5) is 28.6. The van der Waals surface area contributed by atoms with Crippen molar-refractivity contribution < 1.29 is 14.3 Å². The summed E-state index contributed by atoms with van der Waals surface area (Å²) >= 11 is 1.43. The first-order valence-corrected chi connectivity index (χ1v) is 10.8. The lowest BCUT2D eigenvalue weighted by molar-refractivity contribution is -0.116. The molecule has 1 N–H and O–H groups in total. The maximum absolute atomic E-state index is 12.7. The standard InChI is InChI=1S/C22H28N2O3S/c1-3-27-22(26)20-19(17-10-6-4-7-11-17)16(2)28-21(20)23-18(25)12-15-24-13-8-5-9-14-24/h4,6-7,10-11H,3,5,8-9,12-15H2,1-2H3,(H,23,25). The quantitative estimate of drug-likeness (QED) is 0.684. The second-order valence-corrected chi connectivity index (χ2v) is 8.25. The predicted octanol–water partition coefficient (Wildman–Crippen LogP) is 4.71. The Kier molecular flexibility index (Phi) is 7.23. The molecule has 1 saturated heterocycles. The lowest BCUT2D eigenvalue weighted by Gasteiger charge is -2.25. The SMILES string of the molecule is CCOC(=O)c1c(NC(=O)CCN2CCCCC2)sc(C)c1-c1ccccc1. The summed E-state index contributed by atoms with van der Waals surface area (Å²) in [6.07, 6.45) is 4.13. The number of hydrogen-bond donors (Lipinski definition) is 1. The third-order valence-corrected chi connectivity index (χ3v) is 6.00. The maximum Gasteiger partial charge on any atom is 0.341 e. The molecule has 0 radical (unpaired) electrons. The van der Waals surface area contributed by atoms with Gasteiger partial charge in [-0.3, -0.25) is 4.79 Å². The lowest BCUT2D eigenvalue weighted by atomic mass is 10.0. The van der Waals surface area contributed by atoms with Crippen molar-refractivity contribution in [2.45, 2.75) is 39.5 Å². The van der Waals surface area contributed by atoms with Gasteiger partial charge in [-0.25, -0.2) is 4.79 Å². The van der Waals surface area contributed by atoms with Crippen LogP contribution in [0.4, 0.5) is 5.00 Å². The van der Waals surface area contributed by atoms with Gasteiger partial charge in [-0.05, 0) is 45.3 Å². The van der Waals surface area contributed by atoms with E-state index in [4.69, 9.17) is 4.74 Å². The van der Waals surface area contributed by atoms with Gasteiger partial charge in [0.05, 0.1) is 6.61 Å². The zero-order valence-electron chi connectivity index (χ0n) is 16.6. The Morgan fingerprint density at radius 2 is 1.86 bits per heavy atom. The van der Waals surface area contributed by atoms with E-state index in [2.05, 4.69) is 10.2 Å². The number of esters is 1. The minimum absolute atomic E-state index is 0.0583. The molecule has 1 amide bonds. The molecular weight excluding hydrogens is 372 g/mol. The molecule has 1 aromatic heterocycles. The normalized spacial score (nSPS) is 14.6. The third-order valence-electron chi connectivity index (χ3n) is 4.98. The first-order chi connectivity index (χ1) is 13.6. The van der Waals surface area contributed by atoms with Crippen molar-refractivity contribution in [3.05, 3.63) is 40.8 Å². The van der Waals surface area contributed by atoms with Crippen LogP contribution in [0.3, 0.4) is 0 Å². The van der Waals surface area contributed by atoms with Crippen molar-refractivity contribution in [3.63, 3.8) is 0 Å². The number of aryl methyl sites for hydroxylation is 1. The van der Waals surface area contributed by atoms with Crippen LogP contribution in [0.1, 0.15) is 47.8 Å². The van der Waals surface area contributed by atoms with E-state index < -0.39 is 5.97 Å². The zero-order valence-corrected chi connectivity index (χ0v) is 17.4. The highest BCUT2D eigenvalue weighted by molar-refractivity contribution is 7.17. The highest BCUT2D eigenvalue weighted by Crippen LogP contribution is 2.40. The van der Waals surface area contributed by atoms with Crippen LogP contribution in [0.5, 0.6) is 0 Å². The number of nitrogens with one attached hydrogen (secondary N) is 1. The van der Waals surface area contributed by atoms with Crippen molar-refractivity contribution in [2.75, 3.05) is 31.6 Å². The van der Waals surface area contributed by atoms with E-state index in [-0.39, 0.29) is 5.91 Å². The van der Waals surface area contributed by atoms with Crippen molar-refractivity contribution in [1.29, 1.82) is 0 Å². The molecule has 5 nitrogen and oxygen atoms in total. The van der Waals surface area contributed by atoms with E-state index in [1.165, 1.54) is 30.6 Å². The van der Waals surface area contributed by atoms with Crippen LogP contribution in [0.2, 0.25) is 0 Å². The van der Waals surface area contributed by atoms with E-state index in [1.807, 2.05) is 37.3 Å². The molecule has 1 fully saturated rings. The average Bonchev–Trinajstić information content (AvgIpc) is 3.03. The number of piperidine rings is 1. The molecule has 0 saturated carbocycles. The fourth-order valence-corrected chi connectivity index (χ4v) is 4.70. The summed E-state index contributed by atoms with van der Waals surface area (Å²) in [5.74, 6) is -0.450. The van der Waals surface area contributed by atoms with E-state index in [9.17, 15) is 9.59 Å². The molecule has 3 rings (SSSR count). The fraction of sp³-hybridized carbons (Fsp3) is 0.455. The van der Waals surface area contributed by atoms with Gasteiger partial charge in [-0.2, -0.15) is 0 Å². The Hall–Kier alpha value is -2.18. The fourth-order valence-electron chi connectivity index (χ4n) is 3.61. The van der Waals surface area contributed by atoms with Crippen molar-refractivity contribution in [2.24, 2.45) is 0 Å². The highest BCUT2D eigenvalue weighted by Gasteiger charge is 2.25. The number of likely N-dealkylation sites (tertiary alicyclic amines) is 1. The molecule has 1 aliphatic heterocycles. The van der Waals surface area contributed by atoms with E-state index in [1.54, 1.807) is 6.92 Å². The van der Waals surface area contributed by atoms with Gasteiger partial charge in [-0.15, -0.1) is 11.3 Å². The number of nitrogens with zero attached hydrogens (tertiary/aromatic N) is 1. The van der Waals surface area contributed by atoms with Gasteiger partial charge in [0.1, 0.15) is 10.6 Å². The summed E-state index contributed by atoms with van der Waals surface area (Å²) in [7, 11) is 0. The van der Waals surface area contributed by atoms with Gasteiger partial charge in [0.25, 0.3) is 0 Å². The number of amides is 1. The molecule has 2 heterocycles. The minimum Gasteiger partial charge on any atom is -0.462 e. The summed E-state index contributed by atoms with van der Waals surface area (Å²) < 4.78 is 5.29. The van der Waals surface area contributed by atoms with Crippen LogP contribution < -0.4 is 5.32 Å². The van der Waals surface area contributed by atoms with E-state index >= 15 is 0 Å². The van der Waals surface area contributed by atoms with Gasteiger partial charge in [-0.1, -0.05) is 36.8 Å². The maximum atomic E-state index is 12.7. The summed E-state index contributed by atoms with van der Waals surface area (Å²) in [6, 6.07) is 9.77. The number of rotatable bonds is 7. The van der Waals surface area contributed by atoms with Crippen LogP contribution in [-0.2, 0) is 9.53 Å². The second-order valence-electron chi connectivity index (χ2n) is 7.02. The van der Waals surface area contributed by atoms with E-state index in [0.29, 0.717) is 23.6 Å². The molecule has 2 aromatic rings. The van der Waals surface area contributed by atoms with Crippen LogP contribution >= 0.6 is 11.3 Å². The molecule has 0 aliphatic carbocycles. The minimum atomic E-state index is -0.392. The van der Waals surface area contributed by atoms with Crippen LogP contribution in [0, 0.1) is 6.92 Å². The Morgan fingerprint density at radius 1 is 1.14 bits per heavy atom. The predicted molar refractivity (Wildman–Crippen MR) is 114 cm³/mol. The Bertz CT molecular complexity index is 811. The number of anilines is 1. The number of carbonyl (C=O) groups excluding carboxylic acids is 2. The van der Waals surface area contributed by atoms with Crippen molar-refractivity contribution in [1.82, 2.24) is 4.90 Å². The molecule has 1 aliphatic rings. The van der Waals surface area contributed by atoms with Crippen molar-refractivity contribution in [3.8, 4) is 11.1 Å². The second kappa shape index (κ2) is 9.85. The Balaban J connectivity index is 1.79. The lowest BCUT2D eigenvalue weighted by Crippen LogP contribution is -2.32. The largest absolute Gasteiger partial charge is 0.462 e. The van der Waals surface area contributed by atoms with E-state index in [0.717, 1.165) is 35.6 Å². The number of ether oxygens (including phenoxy) is 1. The molecule has 0 bridgehead atoms. The summed E-state index contributed by atoms with van der Waals surface area (Å²) in [5.41, 5.74) is 2.25. The average molecular weight is 401 g/mol. The molecule has 150 valence electrons. The Morgan fingerprint density at radius 3 is 2.54 bits per heavy atom. The van der Waals surface area contributed by atoms with Gasteiger partial charge in [0, 0.05) is 23.4 Å². The number of thiophene rings is 1. The molecule has 1 aromatic carbocycles. The molecule has 6 heteroatoms. The van der Waals surface area contributed by atoms with Crippen LogP contribution in [0.25, 0.3) is 11.1 Å². The third kappa shape index (κ3) is 5.00. The van der Waals surface area contributed by atoms with Gasteiger partial charge in [0.15, 0.2) is 0 Å². The topological polar surface area (TPSA) is 58.6 Å². The molecule has 0 spiro atoms. The van der Waals surface area contributed by atoms with Gasteiger partial charge < -0.3 is 15.0 Å². The van der Waals surface area contributed by atoms with Crippen molar-refractivity contribution >= 4 is 28.2 Å².